The summed E-state index contributed by atoms with van der Waals surface area (Å²) < 4.78 is 40.6. The fourth-order valence-corrected chi connectivity index (χ4v) is 11.6. The fourth-order valence-electron chi connectivity index (χ4n) is 10.5. The van der Waals surface area contributed by atoms with Crippen molar-refractivity contribution >= 4 is 32.8 Å². The summed E-state index contributed by atoms with van der Waals surface area (Å²) in [5, 5.41) is 2.03. The second kappa shape index (κ2) is 16.7. The Labute approximate surface area is 418 Å². The van der Waals surface area contributed by atoms with Crippen molar-refractivity contribution in [2.24, 2.45) is 0 Å². The third-order valence-electron chi connectivity index (χ3n) is 14.2. The minimum Gasteiger partial charge on any atom is -0.0622 e. The summed E-state index contributed by atoms with van der Waals surface area (Å²) in [6.45, 7) is 6.92. The molecule has 0 unspecified atom stereocenters. The van der Waals surface area contributed by atoms with Gasteiger partial charge in [0.05, 0.1) is 0 Å². The molecule has 69 heavy (non-hydrogen) atoms. The monoisotopic (exact) mass is 1080 g/mol. The van der Waals surface area contributed by atoms with Gasteiger partial charge in [0.2, 0.25) is 0 Å². The van der Waals surface area contributed by atoms with Crippen molar-refractivity contribution in [1.82, 2.24) is 18.7 Å². The smallest absolute Gasteiger partial charge is 0.0622 e. The minimum absolute atomic E-state index is 0.0251. The zero-order valence-electron chi connectivity index (χ0n) is 41.8. The summed E-state index contributed by atoms with van der Waals surface area (Å²) in [5.41, 5.74) is 14.3. The van der Waals surface area contributed by atoms with Crippen LogP contribution in [0.4, 0.5) is 0 Å². The van der Waals surface area contributed by atoms with Gasteiger partial charge in [-0.05, 0) is 52.8 Å². The van der Waals surface area contributed by atoms with E-state index >= 15 is 0 Å². The average molecular weight is 1080 g/mol. The van der Waals surface area contributed by atoms with Gasteiger partial charge in [-0.3, -0.25) is 0 Å². The average Bonchev–Trinajstić information content (AvgIpc) is 3.87. The van der Waals surface area contributed by atoms with E-state index < -0.39 is 6.85 Å². The fraction of sp³-hybridized carbons (Fsp3) is 0.143. The third-order valence-corrected chi connectivity index (χ3v) is 15.2. The molecule has 11 aromatic rings. The van der Waals surface area contributed by atoms with Crippen molar-refractivity contribution in [3.05, 3.63) is 221 Å². The first-order valence-electron chi connectivity index (χ1n) is 25.0. The van der Waals surface area contributed by atoms with Crippen LogP contribution in [0.15, 0.2) is 188 Å². The predicted molar refractivity (Wildman–Crippen MR) is 278 cm³/mol. The van der Waals surface area contributed by atoms with Crippen LogP contribution in [0.25, 0.3) is 83.4 Å². The number of benzene rings is 8. The van der Waals surface area contributed by atoms with Crippen LogP contribution in [0, 0.1) is 22.8 Å². The number of nitrogens with zero attached hydrogens (tertiary/aromatic N) is 4. The molecule has 12 rings (SSSR count). The Bertz CT molecular complexity index is 3910. The first-order valence-corrected chi connectivity index (χ1v) is 24.6. The van der Waals surface area contributed by atoms with Crippen LogP contribution >= 0.6 is 0 Å². The van der Waals surface area contributed by atoms with E-state index in [0.29, 0.717) is 22.9 Å². The summed E-state index contributed by atoms with van der Waals surface area (Å²) in [6, 6.07) is 69.6. The van der Waals surface area contributed by atoms with Gasteiger partial charge in [-0.25, -0.2) is 0 Å². The molecule has 0 radical (unpaired) electrons. The second-order valence-corrected chi connectivity index (χ2v) is 20.4. The number of pyridine rings is 1. The molecule has 3 heterocycles. The zero-order chi connectivity index (χ0) is 49.5. The normalized spacial score (nSPS) is 14.9. The standard InChI is InChI=1S/C63H50N4O.Pt/c1-42-35-60(64-40-53(42)45-23-13-8-14-24-45)67-58-37-48(31-32-51(58)52-38-54-55(39-59(52)67)63(4,5)34-33-62(54,2)3)68-47-26-17-25-46(36-47)65-41-66(57-30-16-15-29-56(57)65)61-49(43-19-9-6-10-20-43)27-18-28-50(61)44-21-11-7-12-22-44;/h6-32,35,38-40H,33-34H2,1-5H3;/q-2;/i1D3;. The van der Waals surface area contributed by atoms with Crippen molar-refractivity contribution in [3.8, 4) is 62.1 Å². The van der Waals surface area contributed by atoms with Gasteiger partial charge in [0, 0.05) is 15.9 Å². The van der Waals surface area contributed by atoms with Crippen molar-refractivity contribution in [2.45, 2.75) is 58.2 Å². The topological polar surface area (TPSA) is 36.9 Å². The summed E-state index contributed by atoms with van der Waals surface area (Å²) >= 11 is 2.46. The number of imidazole rings is 1. The molecule has 0 aliphatic heterocycles. The predicted octanol–water partition coefficient (Wildman–Crippen LogP) is 16.0. The summed E-state index contributed by atoms with van der Waals surface area (Å²) in [4.78, 5) is 5.05. The molecule has 0 fully saturated rings. The third kappa shape index (κ3) is 7.34. The molecule has 0 atom stereocenters. The zero-order valence-corrected chi connectivity index (χ0v) is 41.1. The quantitative estimate of drug-likeness (QED) is 0.142. The Morgan fingerprint density at radius 1 is 0.536 bits per heavy atom. The van der Waals surface area contributed by atoms with Crippen molar-refractivity contribution in [3.63, 3.8) is 0 Å². The number of rotatable bonds is 8. The molecule has 0 amide bonds. The molecule has 0 bridgehead atoms. The minimum atomic E-state index is -2.40. The van der Waals surface area contributed by atoms with E-state index in [2.05, 4.69) is 200 Å². The second-order valence-electron chi connectivity index (χ2n) is 19.4. The molecule has 0 saturated heterocycles. The number of ether oxygens (including phenoxy) is 1. The van der Waals surface area contributed by atoms with Crippen LogP contribution in [0.2, 0.25) is 0 Å². The SMILES string of the molecule is [2H]C([2H])([2H])c1cc(-n2c3[c-]c(Oc4[c-]c(-n5[c](=[Pt])n(-c6c(-c7ccccc7)cccc6-c6ccccc6)c6ccccc65)ccc4)ccc3c3cc4c(cc32)C(C)(C)CCC4(C)C)ncc1-c1ccccc1. The van der Waals surface area contributed by atoms with Crippen LogP contribution in [-0.2, 0) is 30.2 Å². The number of fused-ring (bicyclic) bond motifs is 5. The molecular formula is C63H50N4OPt-2. The van der Waals surface area contributed by atoms with Crippen molar-refractivity contribution < 1.29 is 28.2 Å². The van der Waals surface area contributed by atoms with Gasteiger partial charge in [0.15, 0.2) is 0 Å². The van der Waals surface area contributed by atoms with E-state index in [4.69, 9.17) is 13.8 Å². The van der Waals surface area contributed by atoms with Crippen molar-refractivity contribution in [1.29, 1.82) is 0 Å². The Hall–Kier alpha value is -7.33. The first kappa shape index (κ1) is 39.6. The van der Waals surface area contributed by atoms with Crippen LogP contribution in [0.1, 0.15) is 61.3 Å². The summed E-state index contributed by atoms with van der Waals surface area (Å²) in [5.74, 6) is 1.52. The van der Waals surface area contributed by atoms with Crippen LogP contribution in [-0.4, -0.2) is 18.7 Å². The van der Waals surface area contributed by atoms with Crippen LogP contribution in [0.5, 0.6) is 11.5 Å². The van der Waals surface area contributed by atoms with Gasteiger partial charge in [-0.2, -0.15) is 0 Å². The van der Waals surface area contributed by atoms with Gasteiger partial charge in [0.25, 0.3) is 0 Å². The Kier molecular flexibility index (Phi) is 9.60. The van der Waals surface area contributed by atoms with E-state index in [1.807, 2.05) is 48.5 Å². The molecule has 340 valence electrons. The molecule has 0 saturated carbocycles. The molecule has 1 aliphatic carbocycles. The Morgan fingerprint density at radius 2 is 1.10 bits per heavy atom. The molecule has 5 nitrogen and oxygen atoms in total. The van der Waals surface area contributed by atoms with Gasteiger partial charge in [0.1, 0.15) is 0 Å². The molecule has 1 aliphatic rings. The molecule has 0 N–H and O–H groups in total. The Morgan fingerprint density at radius 3 is 1.74 bits per heavy atom. The van der Waals surface area contributed by atoms with Gasteiger partial charge < -0.3 is 0 Å². The van der Waals surface area contributed by atoms with Gasteiger partial charge >= 0.3 is 294 Å². The molecular weight excluding hydrogens is 1020 g/mol. The summed E-state index contributed by atoms with van der Waals surface area (Å²) in [7, 11) is 0. The van der Waals surface area contributed by atoms with E-state index in [1.165, 1.54) is 11.1 Å². The van der Waals surface area contributed by atoms with E-state index in [-0.39, 0.29) is 16.4 Å². The van der Waals surface area contributed by atoms with Crippen molar-refractivity contribution in [2.75, 3.05) is 0 Å². The molecule has 6 heteroatoms. The molecule has 8 aromatic carbocycles. The Balaban J connectivity index is 1.02. The van der Waals surface area contributed by atoms with E-state index in [1.54, 1.807) is 12.3 Å². The van der Waals surface area contributed by atoms with Gasteiger partial charge in [-0.15, -0.1) is 0 Å². The van der Waals surface area contributed by atoms with Gasteiger partial charge in [-0.1, -0.05) is 58.0 Å². The number of aromatic nitrogens is 4. The molecule has 3 aromatic heterocycles. The van der Waals surface area contributed by atoms with Crippen LogP contribution in [0.3, 0.4) is 0 Å². The maximum absolute atomic E-state index is 8.72. The summed E-state index contributed by atoms with van der Waals surface area (Å²) in [6.07, 6.45) is 3.84. The number of aryl methyl sites for hydroxylation is 1. The number of hydrogen-bond acceptors (Lipinski definition) is 2. The van der Waals surface area contributed by atoms with E-state index in [0.717, 1.165) is 88.7 Å². The van der Waals surface area contributed by atoms with E-state index in [9.17, 15) is 0 Å². The first-order chi connectivity index (χ1) is 34.7. The number of hydrogen-bond donors (Lipinski definition) is 0. The number of para-hydroxylation sites is 3. The maximum atomic E-state index is 8.72. The van der Waals surface area contributed by atoms with Crippen LogP contribution < -0.4 is 4.74 Å². The molecule has 0 spiro atoms.